The van der Waals surface area contributed by atoms with Crippen molar-refractivity contribution in [3.63, 3.8) is 0 Å². The molecule has 2 bridgehead atoms. The van der Waals surface area contributed by atoms with Crippen LogP contribution in [0.5, 0.6) is 0 Å². The third-order valence-corrected chi connectivity index (χ3v) is 18.0. The minimum atomic E-state index is -4.17. The zero-order valence-corrected chi connectivity index (χ0v) is 44.5. The van der Waals surface area contributed by atoms with E-state index < -0.39 is 91.7 Å². The molecule has 2 aliphatic heterocycles. The second-order valence-electron chi connectivity index (χ2n) is 21.8. The summed E-state index contributed by atoms with van der Waals surface area (Å²) in [6.45, 7) is 8.75. The predicted molar refractivity (Wildman–Crippen MR) is 286 cm³/mol. The van der Waals surface area contributed by atoms with Crippen molar-refractivity contribution in [2.75, 3.05) is 11.1 Å². The number of ketones is 1. The van der Waals surface area contributed by atoms with E-state index in [1.54, 1.807) is 79.9 Å². The molecule has 5 heterocycles. The van der Waals surface area contributed by atoms with Crippen LogP contribution in [-0.2, 0) is 75.1 Å². The van der Waals surface area contributed by atoms with Gasteiger partial charge in [0.05, 0.1) is 41.1 Å². The van der Waals surface area contributed by atoms with Gasteiger partial charge in [0.15, 0.2) is 0 Å². The standard InChI is InChI=1S/C57H60N8O12S/c1-6-57(41-25-45-48-36(21-35-10-7-8-13-42(35)61-48)27-65(45)50(68)40(41)28-76-53(57)72)77-52(71)47(31(2)3)63-49(67)43(24-39-26-58-30-59-39)62-54(73)60-38-12-9-11-34(22-38)33-16-14-32(15-17-33)20-44(51(69)70)64-78(74,75)29-56-19-18-37(23-46(56)66)55(56,4)5/h7-17,21-22,25-26,30-31,37,43-44,47,64H,6,18-20,23-24,27-29H2,1-5H3,(H,58,59)(H,63,67)(H,69,70)(H2,60,62,73)/t37?,43-,44-,47+,56?,57-/m0/s1. The van der Waals surface area contributed by atoms with Gasteiger partial charge < -0.3 is 40.1 Å². The number of rotatable bonds is 18. The number of Topliss-reactive ketones (excluding diaryl/α,β-unsaturated/α-hetero) is 1. The third-order valence-electron chi connectivity index (χ3n) is 16.5. The number of H-pyrrole nitrogens is 1. The van der Waals surface area contributed by atoms with E-state index in [4.69, 9.17) is 14.5 Å². The molecular weight excluding hydrogens is 1020 g/mol. The fourth-order valence-electron chi connectivity index (χ4n) is 11.9. The van der Waals surface area contributed by atoms with Crippen LogP contribution < -0.4 is 26.2 Å². The molecule has 2 unspecified atom stereocenters. The zero-order valence-electron chi connectivity index (χ0n) is 43.7. The number of aromatic amines is 1. The fourth-order valence-corrected chi connectivity index (χ4v) is 14.0. The Bertz CT molecular complexity index is 3600. The Balaban J connectivity index is 0.815. The van der Waals surface area contributed by atoms with E-state index in [2.05, 4.69) is 30.6 Å². The van der Waals surface area contributed by atoms with Crippen LogP contribution in [0.15, 0.2) is 102 Å². The average Bonchev–Trinajstić information content (AvgIpc) is 4.35. The fraction of sp³-hybridized carbons (Fsp3) is 0.386. The Labute approximate surface area is 449 Å². The van der Waals surface area contributed by atoms with Gasteiger partial charge in [0.25, 0.3) is 5.56 Å². The number of aromatic nitrogens is 4. The summed E-state index contributed by atoms with van der Waals surface area (Å²) in [7, 11) is -4.17. The summed E-state index contributed by atoms with van der Waals surface area (Å²) < 4.78 is 42.6. The van der Waals surface area contributed by atoms with Gasteiger partial charge in [-0.05, 0) is 90.0 Å². The predicted octanol–water partition coefficient (Wildman–Crippen LogP) is 5.90. The number of carboxylic acid groups (broad SMARTS) is 1. The molecule has 3 aromatic heterocycles. The van der Waals surface area contributed by atoms with Crippen LogP contribution in [0.3, 0.4) is 0 Å². The van der Waals surface area contributed by atoms with Crippen molar-refractivity contribution < 1.29 is 51.8 Å². The van der Waals surface area contributed by atoms with Crippen molar-refractivity contribution in [1.29, 1.82) is 0 Å². The smallest absolute Gasteiger partial charge is 0.355 e. The van der Waals surface area contributed by atoms with Gasteiger partial charge in [0.2, 0.25) is 21.5 Å². The number of hydrogen-bond donors (Lipinski definition) is 6. The van der Waals surface area contributed by atoms with Crippen LogP contribution in [0.4, 0.5) is 10.5 Å². The van der Waals surface area contributed by atoms with Gasteiger partial charge in [-0.1, -0.05) is 89.2 Å². The normalized spacial score (nSPS) is 21.0. The van der Waals surface area contributed by atoms with E-state index in [1.807, 2.05) is 44.2 Å². The van der Waals surface area contributed by atoms with E-state index in [9.17, 15) is 47.1 Å². The SMILES string of the molecule is CC[C@@]1(OC(=O)[C@H](NC(=O)[C@H](Cc2cnc[nH]2)NC(=O)Nc2cccc(-c3ccc(C[C@H](NS(=O)(=O)CC45CCC(CC4=O)C5(C)C)C(=O)O)cc3)c2)C(C)C)C(=O)OCc2c1cc1n(c2=O)Cc2cc3ccccc3nc2-1. The summed E-state index contributed by atoms with van der Waals surface area (Å²) in [6.07, 6.45) is 4.10. The van der Waals surface area contributed by atoms with E-state index in [0.717, 1.165) is 22.9 Å². The molecule has 6 atom stereocenters. The van der Waals surface area contributed by atoms with Gasteiger partial charge in [-0.2, -0.15) is 0 Å². The summed E-state index contributed by atoms with van der Waals surface area (Å²) in [5.41, 5.74) is 1.60. The van der Waals surface area contributed by atoms with Gasteiger partial charge in [-0.15, -0.1) is 0 Å². The number of carbonyl (C=O) groups excluding carboxylic acids is 5. The first-order valence-electron chi connectivity index (χ1n) is 26.0. The first kappa shape index (κ1) is 53.4. The minimum absolute atomic E-state index is 0.0762. The number of nitrogens with zero attached hydrogens (tertiary/aromatic N) is 3. The Hall–Kier alpha value is -8.04. The highest BCUT2D eigenvalue weighted by atomic mass is 32.2. The van der Waals surface area contributed by atoms with Gasteiger partial charge >= 0.3 is 23.9 Å². The van der Waals surface area contributed by atoms with E-state index in [1.165, 1.54) is 12.5 Å². The summed E-state index contributed by atoms with van der Waals surface area (Å²) in [5.74, 6) is -5.00. The molecule has 3 amide bonds. The van der Waals surface area contributed by atoms with Gasteiger partial charge in [0.1, 0.15) is 30.5 Å². The van der Waals surface area contributed by atoms with Gasteiger partial charge in [-0.25, -0.2) is 37.5 Å². The van der Waals surface area contributed by atoms with Gasteiger partial charge in [0, 0.05) is 52.3 Å². The lowest BCUT2D eigenvalue weighted by Crippen LogP contribution is -2.56. The van der Waals surface area contributed by atoms with Crippen LogP contribution in [0.1, 0.15) is 88.2 Å². The number of hydrogen-bond acceptors (Lipinski definition) is 13. The van der Waals surface area contributed by atoms with Gasteiger partial charge in [-0.3, -0.25) is 19.2 Å². The van der Waals surface area contributed by atoms with E-state index >= 15 is 0 Å². The number of esters is 2. The number of benzene rings is 3. The molecule has 2 aliphatic carbocycles. The highest BCUT2D eigenvalue weighted by Gasteiger charge is 2.65. The monoisotopic (exact) mass is 1080 g/mol. The number of para-hydroxylation sites is 1. The number of anilines is 1. The van der Waals surface area contributed by atoms with Crippen molar-refractivity contribution in [3.8, 4) is 22.5 Å². The number of imidazole rings is 1. The molecule has 406 valence electrons. The Kier molecular flexibility index (Phi) is 14.0. The number of urea groups is 1. The van der Waals surface area contributed by atoms with Crippen molar-refractivity contribution in [1.82, 2.24) is 34.9 Å². The number of amides is 3. The number of ether oxygens (including phenoxy) is 2. The molecule has 2 fully saturated rings. The summed E-state index contributed by atoms with van der Waals surface area (Å²) in [6, 6.07) is 20.0. The maximum atomic E-state index is 14.5. The quantitative estimate of drug-likeness (QED) is 0.0546. The highest BCUT2D eigenvalue weighted by molar-refractivity contribution is 7.89. The molecule has 20 nitrogen and oxygen atoms in total. The van der Waals surface area contributed by atoms with Crippen LogP contribution in [-0.4, -0.2) is 92.6 Å². The molecule has 0 saturated heterocycles. The van der Waals surface area contributed by atoms with E-state index in [0.29, 0.717) is 52.3 Å². The van der Waals surface area contributed by atoms with Crippen LogP contribution in [0, 0.1) is 22.7 Å². The number of carboxylic acids is 1. The molecule has 0 spiro atoms. The number of aliphatic carboxylic acids is 1. The third kappa shape index (κ3) is 9.73. The maximum Gasteiger partial charge on any atom is 0.355 e. The summed E-state index contributed by atoms with van der Waals surface area (Å²) in [5, 5.41) is 19.2. The number of sulfonamides is 1. The molecule has 10 rings (SSSR count). The molecule has 6 aromatic rings. The van der Waals surface area contributed by atoms with Crippen molar-refractivity contribution in [2.24, 2.45) is 22.7 Å². The van der Waals surface area contributed by atoms with Crippen LogP contribution in [0.25, 0.3) is 33.4 Å². The Morgan fingerprint density at radius 3 is 2.38 bits per heavy atom. The number of cyclic esters (lactones) is 1. The molecule has 21 heteroatoms. The molecule has 3 aromatic carbocycles. The molecule has 0 radical (unpaired) electrons. The zero-order chi connectivity index (χ0) is 55.5. The van der Waals surface area contributed by atoms with Crippen molar-refractivity contribution in [3.05, 3.63) is 136 Å². The second kappa shape index (κ2) is 20.4. The number of fused-ring (bicyclic) bond motifs is 7. The first-order valence-corrected chi connectivity index (χ1v) is 27.6. The summed E-state index contributed by atoms with van der Waals surface area (Å²) >= 11 is 0. The number of nitrogens with one attached hydrogen (secondary N) is 5. The number of carbonyl (C=O) groups is 6. The second-order valence-corrected chi connectivity index (χ2v) is 23.5. The van der Waals surface area contributed by atoms with E-state index in [-0.39, 0.29) is 55.2 Å². The molecule has 4 aliphatic rings. The molecule has 6 N–H and O–H groups in total. The highest BCUT2D eigenvalue weighted by Crippen LogP contribution is 2.64. The number of pyridine rings is 2. The lowest BCUT2D eigenvalue weighted by atomic mass is 9.70. The molecule has 2 saturated carbocycles. The first-order chi connectivity index (χ1) is 37.1. The largest absolute Gasteiger partial charge is 0.480 e. The topological polar surface area (TPSA) is 287 Å². The average molecular weight is 1080 g/mol. The molecular formula is C57H60N8O12S. The van der Waals surface area contributed by atoms with Crippen molar-refractivity contribution >= 4 is 62.2 Å². The minimum Gasteiger partial charge on any atom is -0.480 e. The maximum absolute atomic E-state index is 14.5. The molecule has 78 heavy (non-hydrogen) atoms. The summed E-state index contributed by atoms with van der Waals surface area (Å²) in [4.78, 5) is 108. The lowest BCUT2D eigenvalue weighted by molar-refractivity contribution is -0.191. The van der Waals surface area contributed by atoms with Crippen LogP contribution >= 0.6 is 0 Å². The lowest BCUT2D eigenvalue weighted by Gasteiger charge is -2.37. The Morgan fingerprint density at radius 2 is 1.71 bits per heavy atom. The van der Waals surface area contributed by atoms with Crippen molar-refractivity contribution in [2.45, 2.75) is 110 Å². The van der Waals surface area contributed by atoms with Crippen LogP contribution in [0.2, 0.25) is 0 Å². The Morgan fingerprint density at radius 1 is 0.936 bits per heavy atom.